The van der Waals surface area contributed by atoms with Crippen molar-refractivity contribution in [2.75, 3.05) is 26.2 Å². The number of amides is 2. The Hall–Kier alpha value is -2.52. The molecule has 0 radical (unpaired) electrons. The van der Waals surface area contributed by atoms with Gasteiger partial charge in [-0.15, -0.1) is 12.3 Å². The molecule has 0 bridgehead atoms. The number of carbonyl (C=O) groups excluding carboxylic acids is 2. The Balaban J connectivity index is 1.48. The second kappa shape index (κ2) is 12.4. The Bertz CT molecular complexity index is 868. The molecule has 192 valence electrons. The summed E-state index contributed by atoms with van der Waals surface area (Å²) in [6.45, 7) is 11.2. The molecule has 0 atom stereocenters. The van der Waals surface area contributed by atoms with Gasteiger partial charge in [0, 0.05) is 24.6 Å². The van der Waals surface area contributed by atoms with E-state index >= 15 is 0 Å². The molecule has 1 saturated heterocycles. The largest absolute Gasteiger partial charge is 0.442 e. The fraction of sp³-hybridized carbons (Fsp3) is 0.655. The number of rotatable bonds is 6. The Kier molecular flexibility index (Phi) is 9.63. The van der Waals surface area contributed by atoms with Crippen LogP contribution in [0.2, 0.25) is 0 Å². The van der Waals surface area contributed by atoms with Crippen molar-refractivity contribution < 1.29 is 14.3 Å². The Morgan fingerprint density at radius 2 is 1.71 bits per heavy atom. The van der Waals surface area contributed by atoms with Gasteiger partial charge in [-0.05, 0) is 108 Å². The second-order valence-electron chi connectivity index (χ2n) is 11.2. The Labute approximate surface area is 211 Å². The standard InChI is InChI=1S/C29H43N3O3/c1-6-18-32(28(34)35-29(3,4)5)30-27(33)26-14-12-24(13-15-26)25-16-19-31(20-17-25)21-23-10-8-22(7-2)9-11-23/h2,12-15,22-23,25H,6,8-11,16-21H2,1,3-5H3,(H,30,33). The van der Waals surface area contributed by atoms with Crippen molar-refractivity contribution in [1.29, 1.82) is 0 Å². The smallest absolute Gasteiger partial charge is 0.429 e. The number of nitrogens with zero attached hydrogens (tertiary/aromatic N) is 2. The highest BCUT2D eigenvalue weighted by Crippen LogP contribution is 2.32. The van der Waals surface area contributed by atoms with Gasteiger partial charge < -0.3 is 9.64 Å². The SMILES string of the molecule is C#CC1CCC(CN2CCC(c3ccc(C(=O)NN(CCC)C(=O)OC(C)(C)C)cc3)CC2)CC1. The van der Waals surface area contributed by atoms with Gasteiger partial charge in [-0.3, -0.25) is 10.2 Å². The molecule has 1 aliphatic heterocycles. The number of hydrazine groups is 1. The number of hydrogen-bond donors (Lipinski definition) is 1. The van der Waals surface area contributed by atoms with Gasteiger partial charge in [0.15, 0.2) is 0 Å². The number of ether oxygens (including phenoxy) is 1. The first-order valence-corrected chi connectivity index (χ1v) is 13.3. The van der Waals surface area contributed by atoms with Crippen LogP contribution >= 0.6 is 0 Å². The zero-order valence-corrected chi connectivity index (χ0v) is 22.0. The molecular formula is C29H43N3O3. The first-order valence-electron chi connectivity index (χ1n) is 13.3. The van der Waals surface area contributed by atoms with Crippen molar-refractivity contribution in [2.24, 2.45) is 11.8 Å². The molecule has 6 heteroatoms. The van der Waals surface area contributed by atoms with E-state index in [0.29, 0.717) is 30.4 Å². The third kappa shape index (κ3) is 8.28. The molecule has 0 unspecified atom stereocenters. The zero-order chi connectivity index (χ0) is 25.4. The molecule has 6 nitrogen and oxygen atoms in total. The van der Waals surface area contributed by atoms with Gasteiger partial charge in [-0.2, -0.15) is 0 Å². The second-order valence-corrected chi connectivity index (χ2v) is 11.2. The summed E-state index contributed by atoms with van der Waals surface area (Å²) in [7, 11) is 0. The summed E-state index contributed by atoms with van der Waals surface area (Å²) in [6, 6.07) is 7.85. The molecule has 2 fully saturated rings. The molecule has 2 amide bonds. The van der Waals surface area contributed by atoms with E-state index in [9.17, 15) is 9.59 Å². The summed E-state index contributed by atoms with van der Waals surface area (Å²) in [4.78, 5) is 27.8. The molecule has 0 aromatic heterocycles. The van der Waals surface area contributed by atoms with Crippen LogP contribution in [-0.2, 0) is 4.74 Å². The molecular weight excluding hydrogens is 438 g/mol. The van der Waals surface area contributed by atoms with Crippen molar-refractivity contribution in [3.05, 3.63) is 35.4 Å². The van der Waals surface area contributed by atoms with Crippen LogP contribution in [0.1, 0.15) is 94.5 Å². The number of nitrogens with one attached hydrogen (secondary N) is 1. The number of hydrogen-bond acceptors (Lipinski definition) is 4. The van der Waals surface area contributed by atoms with E-state index in [-0.39, 0.29) is 5.91 Å². The molecule has 1 heterocycles. The van der Waals surface area contributed by atoms with Gasteiger partial charge in [0.05, 0.1) is 0 Å². The average molecular weight is 482 g/mol. The van der Waals surface area contributed by atoms with Gasteiger partial charge >= 0.3 is 6.09 Å². The lowest BCUT2D eigenvalue weighted by Crippen LogP contribution is -2.48. The molecule has 3 rings (SSSR count). The number of benzene rings is 1. The number of likely N-dealkylation sites (tertiary alicyclic amines) is 1. The Morgan fingerprint density at radius 1 is 1.09 bits per heavy atom. The topological polar surface area (TPSA) is 61.9 Å². The van der Waals surface area contributed by atoms with E-state index in [4.69, 9.17) is 11.2 Å². The predicted octanol–water partition coefficient (Wildman–Crippen LogP) is 5.60. The summed E-state index contributed by atoms with van der Waals surface area (Å²) < 4.78 is 5.41. The summed E-state index contributed by atoms with van der Waals surface area (Å²) in [5, 5.41) is 1.26. The maximum absolute atomic E-state index is 12.8. The van der Waals surface area contributed by atoms with Gasteiger partial charge in [-0.25, -0.2) is 9.80 Å². The maximum atomic E-state index is 12.8. The lowest BCUT2D eigenvalue weighted by Gasteiger charge is -2.36. The van der Waals surface area contributed by atoms with Crippen molar-refractivity contribution in [1.82, 2.24) is 15.3 Å². The van der Waals surface area contributed by atoms with Crippen molar-refractivity contribution in [3.63, 3.8) is 0 Å². The average Bonchev–Trinajstić information content (AvgIpc) is 2.84. The zero-order valence-electron chi connectivity index (χ0n) is 22.0. The minimum atomic E-state index is -0.619. The quantitative estimate of drug-likeness (QED) is 0.425. The van der Waals surface area contributed by atoms with Crippen molar-refractivity contribution in [3.8, 4) is 12.3 Å². The van der Waals surface area contributed by atoms with Crippen LogP contribution in [0.4, 0.5) is 4.79 Å². The fourth-order valence-electron chi connectivity index (χ4n) is 5.15. The third-order valence-electron chi connectivity index (χ3n) is 7.13. The third-order valence-corrected chi connectivity index (χ3v) is 7.13. The highest BCUT2D eigenvalue weighted by molar-refractivity contribution is 5.95. The summed E-state index contributed by atoms with van der Waals surface area (Å²) in [6.07, 6.45) is 13.0. The Morgan fingerprint density at radius 3 is 2.26 bits per heavy atom. The first-order chi connectivity index (χ1) is 16.7. The molecule has 0 spiro atoms. The van der Waals surface area contributed by atoms with Crippen molar-refractivity contribution >= 4 is 12.0 Å². The maximum Gasteiger partial charge on any atom is 0.429 e. The first kappa shape index (κ1) is 27.1. The number of piperidine rings is 1. The van der Waals surface area contributed by atoms with Crippen LogP contribution in [0.3, 0.4) is 0 Å². The van der Waals surface area contributed by atoms with Crippen LogP contribution in [-0.4, -0.2) is 53.7 Å². The van der Waals surface area contributed by atoms with Crippen LogP contribution in [0.15, 0.2) is 24.3 Å². The minimum absolute atomic E-state index is 0.301. The van der Waals surface area contributed by atoms with E-state index in [0.717, 1.165) is 31.8 Å². The molecule has 1 N–H and O–H groups in total. The summed E-state index contributed by atoms with van der Waals surface area (Å²) in [5.41, 5.74) is 3.92. The van der Waals surface area contributed by atoms with E-state index in [1.807, 2.05) is 39.8 Å². The van der Waals surface area contributed by atoms with E-state index in [1.165, 1.54) is 42.8 Å². The minimum Gasteiger partial charge on any atom is -0.442 e. The predicted molar refractivity (Wildman–Crippen MR) is 140 cm³/mol. The van der Waals surface area contributed by atoms with E-state index < -0.39 is 11.7 Å². The van der Waals surface area contributed by atoms with Gasteiger partial charge in [0.1, 0.15) is 5.60 Å². The highest BCUT2D eigenvalue weighted by atomic mass is 16.6. The van der Waals surface area contributed by atoms with E-state index in [1.54, 1.807) is 0 Å². The number of carbonyl (C=O) groups is 2. The molecule has 1 aliphatic carbocycles. The van der Waals surface area contributed by atoms with Gasteiger partial charge in [0.25, 0.3) is 5.91 Å². The monoisotopic (exact) mass is 481 g/mol. The summed E-state index contributed by atoms with van der Waals surface area (Å²) in [5.74, 6) is 4.44. The molecule has 1 saturated carbocycles. The fourth-order valence-corrected chi connectivity index (χ4v) is 5.15. The molecule has 2 aliphatic rings. The van der Waals surface area contributed by atoms with Gasteiger partial charge in [0.2, 0.25) is 0 Å². The van der Waals surface area contributed by atoms with Crippen LogP contribution in [0.5, 0.6) is 0 Å². The summed E-state index contributed by atoms with van der Waals surface area (Å²) >= 11 is 0. The molecule has 1 aromatic rings. The highest BCUT2D eigenvalue weighted by Gasteiger charge is 2.26. The normalized spacial score (nSPS) is 21.7. The van der Waals surface area contributed by atoms with Crippen LogP contribution < -0.4 is 5.43 Å². The van der Waals surface area contributed by atoms with Crippen LogP contribution in [0.25, 0.3) is 0 Å². The number of terminal acetylenes is 1. The van der Waals surface area contributed by atoms with E-state index in [2.05, 4.69) is 28.4 Å². The van der Waals surface area contributed by atoms with Gasteiger partial charge in [-0.1, -0.05) is 19.1 Å². The molecule has 35 heavy (non-hydrogen) atoms. The van der Waals surface area contributed by atoms with Crippen molar-refractivity contribution in [2.45, 2.75) is 84.2 Å². The van der Waals surface area contributed by atoms with Crippen LogP contribution in [0, 0.1) is 24.2 Å². The lowest BCUT2D eigenvalue weighted by atomic mass is 9.81. The lowest BCUT2D eigenvalue weighted by molar-refractivity contribution is 0.0133. The molecule has 1 aromatic carbocycles.